The van der Waals surface area contributed by atoms with Crippen LogP contribution in [-0.2, 0) is 16.1 Å². The number of benzene rings is 1. The van der Waals surface area contributed by atoms with Crippen LogP contribution in [0.15, 0.2) is 42.1 Å². The standard InChI is InChI=1S/C19H24N2O2/c1-2-21-16-10-6-7-12-19(16,13-11-17(21)22)18(23)20-14-15-8-4-3-5-9-15/h3-5,8-10H,2,6-7,11-14H2,1H3,(H,20,23). The second-order valence-electron chi connectivity index (χ2n) is 6.37. The van der Waals surface area contributed by atoms with Crippen molar-refractivity contribution in [3.63, 3.8) is 0 Å². The molecule has 1 saturated heterocycles. The van der Waals surface area contributed by atoms with Gasteiger partial charge in [-0.05, 0) is 38.2 Å². The topological polar surface area (TPSA) is 49.4 Å². The van der Waals surface area contributed by atoms with E-state index in [-0.39, 0.29) is 11.8 Å². The first kappa shape index (κ1) is 15.8. The van der Waals surface area contributed by atoms with E-state index in [0.29, 0.717) is 25.9 Å². The third-order valence-corrected chi connectivity index (χ3v) is 5.04. The SMILES string of the molecule is CCN1C(=O)CCC2(C(=O)NCc3ccccc3)CCCC=C12. The van der Waals surface area contributed by atoms with Gasteiger partial charge in [0.1, 0.15) is 0 Å². The van der Waals surface area contributed by atoms with Crippen molar-refractivity contribution in [1.82, 2.24) is 10.2 Å². The maximum atomic E-state index is 13.0. The Hall–Kier alpha value is -2.10. The van der Waals surface area contributed by atoms with Crippen molar-refractivity contribution in [3.05, 3.63) is 47.7 Å². The summed E-state index contributed by atoms with van der Waals surface area (Å²) in [5, 5.41) is 3.10. The Kier molecular flexibility index (Phi) is 4.51. The molecule has 1 aliphatic carbocycles. The van der Waals surface area contributed by atoms with Crippen LogP contribution in [0.5, 0.6) is 0 Å². The number of hydrogen-bond donors (Lipinski definition) is 1. The Labute approximate surface area is 137 Å². The summed E-state index contributed by atoms with van der Waals surface area (Å²) in [6.07, 6.45) is 5.99. The van der Waals surface area contributed by atoms with E-state index in [9.17, 15) is 9.59 Å². The molecule has 1 aromatic carbocycles. The van der Waals surface area contributed by atoms with Crippen LogP contribution < -0.4 is 5.32 Å². The number of hydrogen-bond acceptors (Lipinski definition) is 2. The van der Waals surface area contributed by atoms with Crippen LogP contribution in [0.3, 0.4) is 0 Å². The minimum atomic E-state index is -0.517. The number of carbonyl (C=O) groups excluding carboxylic acids is 2. The van der Waals surface area contributed by atoms with Gasteiger partial charge in [-0.25, -0.2) is 0 Å². The van der Waals surface area contributed by atoms with Crippen molar-refractivity contribution in [2.75, 3.05) is 6.54 Å². The van der Waals surface area contributed by atoms with Gasteiger partial charge in [-0.15, -0.1) is 0 Å². The summed E-state index contributed by atoms with van der Waals surface area (Å²) in [5.74, 6) is 0.213. The van der Waals surface area contributed by atoms with E-state index in [0.717, 1.165) is 30.5 Å². The monoisotopic (exact) mass is 312 g/mol. The molecule has 1 heterocycles. The van der Waals surface area contributed by atoms with Crippen LogP contribution in [-0.4, -0.2) is 23.3 Å². The molecule has 3 rings (SSSR count). The minimum Gasteiger partial charge on any atom is -0.351 e. The lowest BCUT2D eigenvalue weighted by Crippen LogP contribution is -2.52. The van der Waals surface area contributed by atoms with Gasteiger partial charge in [0, 0.05) is 25.2 Å². The van der Waals surface area contributed by atoms with Crippen molar-refractivity contribution in [1.29, 1.82) is 0 Å². The van der Waals surface area contributed by atoms with Gasteiger partial charge in [0.25, 0.3) is 0 Å². The molecular formula is C19H24N2O2. The van der Waals surface area contributed by atoms with Crippen LogP contribution in [0.25, 0.3) is 0 Å². The predicted octanol–water partition coefficient (Wildman–Crippen LogP) is 3.00. The van der Waals surface area contributed by atoms with Gasteiger partial charge in [-0.1, -0.05) is 36.4 Å². The first-order chi connectivity index (χ1) is 11.2. The summed E-state index contributed by atoms with van der Waals surface area (Å²) < 4.78 is 0. The molecule has 0 saturated carbocycles. The highest BCUT2D eigenvalue weighted by Gasteiger charge is 2.48. The first-order valence-electron chi connectivity index (χ1n) is 8.50. The molecule has 23 heavy (non-hydrogen) atoms. The largest absolute Gasteiger partial charge is 0.351 e. The lowest BCUT2D eigenvalue weighted by atomic mass is 9.69. The highest BCUT2D eigenvalue weighted by molar-refractivity contribution is 5.91. The Morgan fingerprint density at radius 2 is 2.04 bits per heavy atom. The lowest BCUT2D eigenvalue weighted by molar-refractivity contribution is -0.140. The van der Waals surface area contributed by atoms with E-state index in [2.05, 4.69) is 11.4 Å². The van der Waals surface area contributed by atoms with Gasteiger partial charge in [-0.3, -0.25) is 9.59 Å². The van der Waals surface area contributed by atoms with Crippen molar-refractivity contribution in [3.8, 4) is 0 Å². The molecule has 1 aliphatic heterocycles. The number of nitrogens with zero attached hydrogens (tertiary/aromatic N) is 1. The number of carbonyl (C=O) groups is 2. The zero-order valence-electron chi connectivity index (χ0n) is 13.7. The zero-order chi connectivity index (χ0) is 16.3. The number of allylic oxidation sites excluding steroid dienone is 1. The molecule has 1 atom stereocenters. The fourth-order valence-corrected chi connectivity index (χ4v) is 3.81. The molecule has 2 aliphatic rings. The fourth-order valence-electron chi connectivity index (χ4n) is 3.81. The summed E-state index contributed by atoms with van der Waals surface area (Å²) in [6, 6.07) is 9.95. The second kappa shape index (κ2) is 6.57. The Morgan fingerprint density at radius 1 is 1.26 bits per heavy atom. The van der Waals surface area contributed by atoms with Gasteiger partial charge in [-0.2, -0.15) is 0 Å². The van der Waals surface area contributed by atoms with E-state index in [1.54, 1.807) is 0 Å². The summed E-state index contributed by atoms with van der Waals surface area (Å²) in [5.41, 5.74) is 1.52. The van der Waals surface area contributed by atoms with Crippen LogP contribution in [0.1, 0.15) is 44.6 Å². The lowest BCUT2D eigenvalue weighted by Gasteiger charge is -2.45. The Bertz CT molecular complexity index is 624. The van der Waals surface area contributed by atoms with Crippen molar-refractivity contribution >= 4 is 11.8 Å². The predicted molar refractivity (Wildman–Crippen MR) is 89.3 cm³/mol. The molecule has 0 bridgehead atoms. The maximum Gasteiger partial charge on any atom is 0.232 e. The number of amides is 2. The zero-order valence-corrected chi connectivity index (χ0v) is 13.7. The summed E-state index contributed by atoms with van der Waals surface area (Å²) >= 11 is 0. The average molecular weight is 312 g/mol. The second-order valence-corrected chi connectivity index (χ2v) is 6.37. The van der Waals surface area contributed by atoms with Gasteiger partial charge in [0.15, 0.2) is 0 Å². The van der Waals surface area contributed by atoms with Crippen LogP contribution >= 0.6 is 0 Å². The molecule has 2 amide bonds. The molecule has 4 nitrogen and oxygen atoms in total. The number of rotatable bonds is 4. The summed E-state index contributed by atoms with van der Waals surface area (Å²) in [4.78, 5) is 27.0. The van der Waals surface area contributed by atoms with Crippen LogP contribution in [0.4, 0.5) is 0 Å². The van der Waals surface area contributed by atoms with E-state index in [1.807, 2.05) is 42.2 Å². The number of piperidine rings is 1. The van der Waals surface area contributed by atoms with E-state index >= 15 is 0 Å². The molecule has 4 heteroatoms. The number of fused-ring (bicyclic) bond motifs is 1. The molecule has 0 radical (unpaired) electrons. The highest BCUT2D eigenvalue weighted by Crippen LogP contribution is 2.46. The molecular weight excluding hydrogens is 288 g/mol. The average Bonchev–Trinajstić information content (AvgIpc) is 2.60. The van der Waals surface area contributed by atoms with E-state index in [1.165, 1.54) is 0 Å². The molecule has 0 aromatic heterocycles. The fraction of sp³-hybridized carbons (Fsp3) is 0.474. The molecule has 0 spiro atoms. The van der Waals surface area contributed by atoms with Crippen molar-refractivity contribution in [2.45, 2.75) is 45.6 Å². The van der Waals surface area contributed by atoms with E-state index < -0.39 is 5.41 Å². The smallest absolute Gasteiger partial charge is 0.232 e. The van der Waals surface area contributed by atoms with Gasteiger partial charge in [0.2, 0.25) is 11.8 Å². The quantitative estimate of drug-likeness (QED) is 0.929. The van der Waals surface area contributed by atoms with Crippen molar-refractivity contribution < 1.29 is 9.59 Å². The maximum absolute atomic E-state index is 13.0. The molecule has 1 N–H and O–H groups in total. The normalized spacial score (nSPS) is 24.0. The van der Waals surface area contributed by atoms with Crippen molar-refractivity contribution in [2.24, 2.45) is 5.41 Å². The third-order valence-electron chi connectivity index (χ3n) is 5.04. The first-order valence-corrected chi connectivity index (χ1v) is 8.50. The number of nitrogens with one attached hydrogen (secondary N) is 1. The molecule has 1 unspecified atom stereocenters. The molecule has 1 aromatic rings. The Balaban J connectivity index is 1.80. The van der Waals surface area contributed by atoms with E-state index in [4.69, 9.17) is 0 Å². The van der Waals surface area contributed by atoms with Gasteiger partial charge in [0.05, 0.1) is 5.41 Å². The van der Waals surface area contributed by atoms with Crippen LogP contribution in [0, 0.1) is 5.41 Å². The molecule has 1 fully saturated rings. The highest BCUT2D eigenvalue weighted by atomic mass is 16.2. The van der Waals surface area contributed by atoms with Gasteiger partial charge >= 0.3 is 0 Å². The minimum absolute atomic E-state index is 0.0678. The van der Waals surface area contributed by atoms with Gasteiger partial charge < -0.3 is 10.2 Å². The summed E-state index contributed by atoms with van der Waals surface area (Å²) in [6.45, 7) is 3.15. The molecule has 122 valence electrons. The number of likely N-dealkylation sites (tertiary alicyclic amines) is 1. The Morgan fingerprint density at radius 3 is 2.78 bits per heavy atom. The van der Waals surface area contributed by atoms with Crippen LogP contribution in [0.2, 0.25) is 0 Å². The third kappa shape index (κ3) is 2.90. The summed E-state index contributed by atoms with van der Waals surface area (Å²) in [7, 11) is 0.